The maximum absolute atomic E-state index is 9.04. The highest BCUT2D eigenvalue weighted by atomic mass is 14.2. The molecule has 1 aliphatic carbocycles. The lowest BCUT2D eigenvalue weighted by atomic mass is 9.94. The molecule has 0 spiro atoms. The minimum Gasteiger partial charge on any atom is -0.193 e. The van der Waals surface area contributed by atoms with Crippen LogP contribution in [0.1, 0.15) is 22.3 Å². The Morgan fingerprint density at radius 3 is 1.83 bits per heavy atom. The Labute approximate surface area is 107 Å². The summed E-state index contributed by atoms with van der Waals surface area (Å²) in [6.45, 7) is 0. The molecule has 0 aliphatic heterocycles. The molecule has 0 saturated heterocycles. The Balaban J connectivity index is 2.29. The fraction of sp³-hybridized carbons (Fsp3) is 0.118. The highest BCUT2D eigenvalue weighted by Gasteiger charge is 2.16. The predicted molar refractivity (Wildman–Crippen MR) is 73.0 cm³/mol. The van der Waals surface area contributed by atoms with Crippen molar-refractivity contribution in [2.75, 3.05) is 0 Å². The van der Waals surface area contributed by atoms with Gasteiger partial charge in [-0.1, -0.05) is 48.5 Å². The average Bonchev–Trinajstić information content (AvgIpc) is 2.58. The van der Waals surface area contributed by atoms with Gasteiger partial charge in [0.05, 0.1) is 6.07 Å². The quantitative estimate of drug-likeness (QED) is 0.634. The SMILES string of the molecule is N#CC=C1c2ccccc2CCc2ccccc21. The molecule has 0 aromatic heterocycles. The minimum atomic E-state index is 1.04. The van der Waals surface area contributed by atoms with Crippen molar-refractivity contribution in [2.45, 2.75) is 12.8 Å². The molecule has 0 atom stereocenters. The zero-order valence-electron chi connectivity index (χ0n) is 10.1. The molecule has 0 unspecified atom stereocenters. The third kappa shape index (κ3) is 1.72. The van der Waals surface area contributed by atoms with Gasteiger partial charge in [0, 0.05) is 6.08 Å². The summed E-state index contributed by atoms with van der Waals surface area (Å²) in [5, 5.41) is 9.04. The fourth-order valence-corrected chi connectivity index (χ4v) is 2.64. The van der Waals surface area contributed by atoms with Crippen molar-refractivity contribution < 1.29 is 0 Å². The number of nitriles is 1. The Kier molecular flexibility index (Phi) is 2.70. The molecular formula is C17H13N. The van der Waals surface area contributed by atoms with E-state index in [9.17, 15) is 0 Å². The zero-order chi connectivity index (χ0) is 12.4. The van der Waals surface area contributed by atoms with Crippen molar-refractivity contribution in [3.05, 3.63) is 76.9 Å². The molecule has 0 fully saturated rings. The van der Waals surface area contributed by atoms with Gasteiger partial charge in [-0.25, -0.2) is 0 Å². The lowest BCUT2D eigenvalue weighted by Gasteiger charge is -2.09. The lowest BCUT2D eigenvalue weighted by molar-refractivity contribution is 0.965. The first-order chi connectivity index (χ1) is 8.90. The summed E-state index contributed by atoms with van der Waals surface area (Å²) in [6.07, 6.45) is 3.74. The van der Waals surface area contributed by atoms with Crippen LogP contribution in [0.5, 0.6) is 0 Å². The normalized spacial score (nSPS) is 12.9. The molecule has 0 amide bonds. The van der Waals surface area contributed by atoms with Crippen LogP contribution in [0.3, 0.4) is 0 Å². The van der Waals surface area contributed by atoms with Crippen molar-refractivity contribution in [1.82, 2.24) is 0 Å². The first kappa shape index (κ1) is 10.8. The van der Waals surface area contributed by atoms with E-state index in [1.165, 1.54) is 22.3 Å². The van der Waals surface area contributed by atoms with E-state index in [1.54, 1.807) is 6.08 Å². The Morgan fingerprint density at radius 2 is 1.33 bits per heavy atom. The Bertz CT molecular complexity index is 610. The third-order valence-electron chi connectivity index (χ3n) is 3.49. The molecule has 18 heavy (non-hydrogen) atoms. The van der Waals surface area contributed by atoms with Crippen LogP contribution in [0.15, 0.2) is 54.6 Å². The number of nitrogens with zero attached hydrogens (tertiary/aromatic N) is 1. The topological polar surface area (TPSA) is 23.8 Å². The molecule has 1 nitrogen and oxygen atoms in total. The van der Waals surface area contributed by atoms with Gasteiger partial charge in [-0.15, -0.1) is 0 Å². The van der Waals surface area contributed by atoms with E-state index in [4.69, 9.17) is 5.26 Å². The second-order valence-corrected chi connectivity index (χ2v) is 4.50. The molecule has 0 bridgehead atoms. The summed E-state index contributed by atoms with van der Waals surface area (Å²) in [5.74, 6) is 0. The van der Waals surface area contributed by atoms with Crippen molar-refractivity contribution in [3.8, 4) is 6.07 Å². The zero-order valence-corrected chi connectivity index (χ0v) is 10.1. The summed E-state index contributed by atoms with van der Waals surface area (Å²) in [7, 11) is 0. The van der Waals surface area contributed by atoms with Crippen molar-refractivity contribution in [3.63, 3.8) is 0 Å². The van der Waals surface area contributed by atoms with Gasteiger partial charge in [0.1, 0.15) is 0 Å². The van der Waals surface area contributed by atoms with Gasteiger partial charge in [0.15, 0.2) is 0 Å². The highest BCUT2D eigenvalue weighted by molar-refractivity contribution is 5.85. The fourth-order valence-electron chi connectivity index (χ4n) is 2.64. The first-order valence-corrected chi connectivity index (χ1v) is 6.16. The van der Waals surface area contributed by atoms with Crippen molar-refractivity contribution in [1.29, 1.82) is 5.26 Å². The summed E-state index contributed by atoms with van der Waals surface area (Å²) in [5.41, 5.74) is 6.11. The number of hydrogen-bond acceptors (Lipinski definition) is 1. The molecule has 86 valence electrons. The van der Waals surface area contributed by atoms with E-state index in [0.29, 0.717) is 0 Å². The highest BCUT2D eigenvalue weighted by Crippen LogP contribution is 2.32. The van der Waals surface area contributed by atoms with Crippen LogP contribution in [-0.4, -0.2) is 0 Å². The number of hydrogen-bond donors (Lipinski definition) is 0. The van der Waals surface area contributed by atoms with E-state index in [2.05, 4.69) is 42.5 Å². The average molecular weight is 231 g/mol. The molecule has 3 rings (SSSR count). The van der Waals surface area contributed by atoms with Gasteiger partial charge in [-0.2, -0.15) is 5.26 Å². The molecule has 1 heteroatoms. The molecular weight excluding hydrogens is 218 g/mol. The van der Waals surface area contributed by atoms with E-state index >= 15 is 0 Å². The van der Waals surface area contributed by atoms with E-state index in [1.807, 2.05) is 12.1 Å². The van der Waals surface area contributed by atoms with Crippen LogP contribution in [0.2, 0.25) is 0 Å². The molecule has 0 saturated carbocycles. The summed E-state index contributed by atoms with van der Waals surface area (Å²) in [6, 6.07) is 18.9. The van der Waals surface area contributed by atoms with Crippen LogP contribution >= 0.6 is 0 Å². The van der Waals surface area contributed by atoms with Gasteiger partial charge >= 0.3 is 0 Å². The second kappa shape index (κ2) is 4.50. The molecule has 2 aromatic rings. The number of rotatable bonds is 0. The number of benzene rings is 2. The first-order valence-electron chi connectivity index (χ1n) is 6.16. The minimum absolute atomic E-state index is 1.04. The smallest absolute Gasteiger partial charge is 0.0918 e. The van der Waals surface area contributed by atoms with Crippen LogP contribution < -0.4 is 0 Å². The van der Waals surface area contributed by atoms with Crippen molar-refractivity contribution >= 4 is 5.57 Å². The molecule has 0 heterocycles. The van der Waals surface area contributed by atoms with Gasteiger partial charge in [-0.3, -0.25) is 0 Å². The number of allylic oxidation sites excluding steroid dienone is 1. The standard InChI is InChI=1S/C17H13N/c18-12-11-17-15-7-3-1-5-13(15)9-10-14-6-2-4-8-16(14)17/h1-8,11H,9-10H2. The number of aryl methyl sites for hydroxylation is 2. The Morgan fingerprint density at radius 1 is 0.833 bits per heavy atom. The molecule has 0 N–H and O–H groups in total. The Hall–Kier alpha value is -2.33. The van der Waals surface area contributed by atoms with Gasteiger partial charge in [-0.05, 0) is 40.7 Å². The summed E-state index contributed by atoms with van der Waals surface area (Å²) < 4.78 is 0. The van der Waals surface area contributed by atoms with Gasteiger partial charge in [0.2, 0.25) is 0 Å². The van der Waals surface area contributed by atoms with Gasteiger partial charge < -0.3 is 0 Å². The third-order valence-corrected chi connectivity index (χ3v) is 3.49. The second-order valence-electron chi connectivity index (χ2n) is 4.50. The van der Waals surface area contributed by atoms with Gasteiger partial charge in [0.25, 0.3) is 0 Å². The van der Waals surface area contributed by atoms with E-state index in [-0.39, 0.29) is 0 Å². The van der Waals surface area contributed by atoms with Crippen LogP contribution in [0, 0.1) is 11.3 Å². The summed E-state index contributed by atoms with van der Waals surface area (Å²) >= 11 is 0. The molecule has 2 aromatic carbocycles. The summed E-state index contributed by atoms with van der Waals surface area (Å²) in [4.78, 5) is 0. The van der Waals surface area contributed by atoms with E-state index < -0.39 is 0 Å². The monoisotopic (exact) mass is 231 g/mol. The molecule has 0 radical (unpaired) electrons. The molecule has 1 aliphatic rings. The van der Waals surface area contributed by atoms with Crippen molar-refractivity contribution in [2.24, 2.45) is 0 Å². The largest absolute Gasteiger partial charge is 0.193 e. The lowest BCUT2D eigenvalue weighted by Crippen LogP contribution is -1.91. The van der Waals surface area contributed by atoms with Crippen LogP contribution in [0.25, 0.3) is 5.57 Å². The van der Waals surface area contributed by atoms with E-state index in [0.717, 1.165) is 18.4 Å². The maximum Gasteiger partial charge on any atom is 0.0918 e. The maximum atomic E-state index is 9.04. The van der Waals surface area contributed by atoms with Crippen LogP contribution in [0.4, 0.5) is 0 Å². The van der Waals surface area contributed by atoms with Crippen LogP contribution in [-0.2, 0) is 12.8 Å². The number of fused-ring (bicyclic) bond motifs is 2. The predicted octanol–water partition coefficient (Wildman–Crippen LogP) is 3.74.